The molecule has 0 spiro atoms. The van der Waals surface area contributed by atoms with E-state index in [1.165, 1.54) is 11.1 Å². The lowest BCUT2D eigenvalue weighted by Gasteiger charge is -2.28. The van der Waals surface area contributed by atoms with E-state index in [2.05, 4.69) is 119 Å². The fourth-order valence-corrected chi connectivity index (χ4v) is 4.48. The second-order valence-corrected chi connectivity index (χ2v) is 14.7. The zero-order chi connectivity index (χ0) is 30.3. The van der Waals surface area contributed by atoms with Crippen LogP contribution in [-0.2, 0) is 21.7 Å². The van der Waals surface area contributed by atoms with E-state index in [1.807, 2.05) is 12.1 Å². The quantitative estimate of drug-likeness (QED) is 0.333. The maximum Gasteiger partial charge on any atom is 0.171 e. The second-order valence-electron chi connectivity index (χ2n) is 14.7. The molecule has 0 radical (unpaired) electrons. The van der Waals surface area contributed by atoms with Crippen molar-refractivity contribution in [3.05, 3.63) is 81.9 Å². The van der Waals surface area contributed by atoms with Crippen molar-refractivity contribution < 1.29 is 9.47 Å². The summed E-state index contributed by atoms with van der Waals surface area (Å²) in [5, 5.41) is 19.6. The van der Waals surface area contributed by atoms with Gasteiger partial charge in [0.05, 0.1) is 11.1 Å². The van der Waals surface area contributed by atoms with Crippen molar-refractivity contribution in [2.45, 2.75) is 105 Å². The Morgan fingerprint density at radius 1 is 0.450 bits per heavy atom. The monoisotopic (exact) mass is 536 g/mol. The van der Waals surface area contributed by atoms with Gasteiger partial charge in [-0.05, 0) is 44.9 Å². The first kappa shape index (κ1) is 30.8. The Morgan fingerprint density at radius 2 is 0.775 bits per heavy atom. The molecular formula is C36H44N2O2. The van der Waals surface area contributed by atoms with E-state index in [0.717, 1.165) is 11.1 Å². The number of rotatable bonds is 4. The molecule has 0 unspecified atom stereocenters. The molecule has 3 rings (SSSR count). The summed E-state index contributed by atoms with van der Waals surface area (Å²) in [6, 6.07) is 20.1. The zero-order valence-electron chi connectivity index (χ0n) is 26.3. The molecule has 0 aliphatic rings. The van der Waals surface area contributed by atoms with E-state index in [-0.39, 0.29) is 32.8 Å². The fraction of sp³-hybridized carbons (Fsp3) is 0.444. The standard InChI is InChI=1S/C36H44N2O2/c1-33(2,3)25-13-15-29(27(19-25)35(7,8)9)39-31-17-23(21-37)24(22-38)18-32(31)40-30-16-14-26(34(4,5)6)20-28(30)36(10,11)12/h13-20H,1-12H3. The average molecular weight is 537 g/mol. The molecule has 0 heterocycles. The van der Waals surface area contributed by atoms with Gasteiger partial charge < -0.3 is 9.47 Å². The van der Waals surface area contributed by atoms with Crippen LogP contribution in [0.1, 0.15) is 116 Å². The van der Waals surface area contributed by atoms with Gasteiger partial charge in [0.15, 0.2) is 11.5 Å². The molecular weight excluding hydrogens is 492 g/mol. The Balaban J connectivity index is 2.22. The minimum Gasteiger partial charge on any atom is -0.453 e. The van der Waals surface area contributed by atoms with Gasteiger partial charge in [0.25, 0.3) is 0 Å². The molecule has 0 saturated carbocycles. The molecule has 4 nitrogen and oxygen atoms in total. The van der Waals surface area contributed by atoms with Gasteiger partial charge in [-0.25, -0.2) is 0 Å². The Labute approximate surface area is 241 Å². The summed E-state index contributed by atoms with van der Waals surface area (Å²) < 4.78 is 13.1. The maximum atomic E-state index is 9.79. The van der Waals surface area contributed by atoms with Crippen LogP contribution < -0.4 is 9.47 Å². The van der Waals surface area contributed by atoms with E-state index < -0.39 is 0 Å². The van der Waals surface area contributed by atoms with Crippen molar-refractivity contribution in [3.8, 4) is 35.1 Å². The van der Waals surface area contributed by atoms with Gasteiger partial charge in [-0.2, -0.15) is 10.5 Å². The lowest BCUT2D eigenvalue weighted by atomic mass is 9.80. The van der Waals surface area contributed by atoms with Crippen LogP contribution in [0.2, 0.25) is 0 Å². The largest absolute Gasteiger partial charge is 0.453 e. The van der Waals surface area contributed by atoms with Crippen LogP contribution in [0.15, 0.2) is 48.5 Å². The summed E-state index contributed by atoms with van der Waals surface area (Å²) in [4.78, 5) is 0. The number of nitriles is 2. The van der Waals surface area contributed by atoms with Gasteiger partial charge in [0.1, 0.15) is 23.6 Å². The van der Waals surface area contributed by atoms with Gasteiger partial charge >= 0.3 is 0 Å². The molecule has 3 aromatic rings. The molecule has 40 heavy (non-hydrogen) atoms. The molecule has 210 valence electrons. The highest BCUT2D eigenvalue weighted by molar-refractivity contribution is 5.59. The van der Waals surface area contributed by atoms with E-state index in [4.69, 9.17) is 9.47 Å². The molecule has 0 aliphatic heterocycles. The highest BCUT2D eigenvalue weighted by atomic mass is 16.5. The number of hydrogen-bond acceptors (Lipinski definition) is 4. The molecule has 0 atom stereocenters. The van der Waals surface area contributed by atoms with Crippen molar-refractivity contribution in [1.82, 2.24) is 0 Å². The SMILES string of the molecule is CC(C)(C)c1ccc(Oc2cc(C#N)c(C#N)cc2Oc2ccc(C(C)(C)C)cc2C(C)(C)C)c(C(C)(C)C)c1. The lowest BCUT2D eigenvalue weighted by Crippen LogP contribution is -2.17. The van der Waals surface area contributed by atoms with Gasteiger partial charge in [-0.1, -0.05) is 107 Å². The second kappa shape index (κ2) is 10.7. The summed E-state index contributed by atoms with van der Waals surface area (Å²) in [6.07, 6.45) is 0. The van der Waals surface area contributed by atoms with Crippen LogP contribution in [0.25, 0.3) is 0 Å². The van der Waals surface area contributed by atoms with Crippen LogP contribution in [-0.4, -0.2) is 0 Å². The van der Waals surface area contributed by atoms with Crippen molar-refractivity contribution in [3.63, 3.8) is 0 Å². The summed E-state index contributed by atoms with van der Waals surface area (Å²) in [5.74, 6) is 2.17. The topological polar surface area (TPSA) is 66.0 Å². The third-order valence-corrected chi connectivity index (χ3v) is 7.07. The van der Waals surface area contributed by atoms with Crippen LogP contribution in [0.3, 0.4) is 0 Å². The fourth-order valence-electron chi connectivity index (χ4n) is 4.48. The summed E-state index contributed by atoms with van der Waals surface area (Å²) >= 11 is 0. The highest BCUT2D eigenvalue weighted by Gasteiger charge is 2.27. The first-order valence-electron chi connectivity index (χ1n) is 13.9. The van der Waals surface area contributed by atoms with Crippen molar-refractivity contribution in [2.24, 2.45) is 0 Å². The Bertz CT molecular complexity index is 1370. The summed E-state index contributed by atoms with van der Waals surface area (Å²) in [5.41, 5.74) is 4.61. The lowest BCUT2D eigenvalue weighted by molar-refractivity contribution is 0.400. The minimum absolute atomic E-state index is 0.0161. The summed E-state index contributed by atoms with van der Waals surface area (Å²) in [6.45, 7) is 26.1. The van der Waals surface area contributed by atoms with E-state index in [1.54, 1.807) is 12.1 Å². The Hall–Kier alpha value is -3.76. The van der Waals surface area contributed by atoms with Gasteiger partial charge in [0, 0.05) is 23.3 Å². The van der Waals surface area contributed by atoms with Gasteiger partial charge in [-0.15, -0.1) is 0 Å². The molecule has 4 heteroatoms. The molecule has 0 aromatic heterocycles. The number of hydrogen-bond donors (Lipinski definition) is 0. The van der Waals surface area contributed by atoms with Crippen LogP contribution >= 0.6 is 0 Å². The van der Waals surface area contributed by atoms with E-state index in [0.29, 0.717) is 23.0 Å². The molecule has 0 fully saturated rings. The predicted molar refractivity (Wildman–Crippen MR) is 164 cm³/mol. The smallest absolute Gasteiger partial charge is 0.171 e. The molecule has 3 aromatic carbocycles. The van der Waals surface area contributed by atoms with Gasteiger partial charge in [-0.3, -0.25) is 0 Å². The maximum absolute atomic E-state index is 9.79. The molecule has 0 bridgehead atoms. The third kappa shape index (κ3) is 6.86. The van der Waals surface area contributed by atoms with Crippen molar-refractivity contribution >= 4 is 0 Å². The van der Waals surface area contributed by atoms with Gasteiger partial charge in [0.2, 0.25) is 0 Å². The number of ether oxygens (including phenoxy) is 2. The summed E-state index contributed by atoms with van der Waals surface area (Å²) in [7, 11) is 0. The van der Waals surface area contributed by atoms with E-state index >= 15 is 0 Å². The predicted octanol–water partition coefficient (Wildman–Crippen LogP) is 10.2. The van der Waals surface area contributed by atoms with Crippen LogP contribution in [0, 0.1) is 22.7 Å². The third-order valence-electron chi connectivity index (χ3n) is 7.07. The first-order valence-corrected chi connectivity index (χ1v) is 13.9. The van der Waals surface area contributed by atoms with Crippen LogP contribution in [0.4, 0.5) is 0 Å². The number of benzene rings is 3. The highest BCUT2D eigenvalue weighted by Crippen LogP contribution is 2.44. The normalized spacial score (nSPS) is 12.4. The van der Waals surface area contributed by atoms with Crippen molar-refractivity contribution in [1.29, 1.82) is 10.5 Å². The average Bonchev–Trinajstić information content (AvgIpc) is 2.82. The molecule has 0 saturated heterocycles. The first-order chi connectivity index (χ1) is 18.3. The Kier molecular flexibility index (Phi) is 8.21. The molecule has 0 N–H and O–H groups in total. The molecule has 0 aliphatic carbocycles. The van der Waals surface area contributed by atoms with Crippen molar-refractivity contribution in [2.75, 3.05) is 0 Å². The minimum atomic E-state index is -0.190. The van der Waals surface area contributed by atoms with E-state index in [9.17, 15) is 10.5 Å². The number of nitrogens with zero attached hydrogens (tertiary/aromatic N) is 2. The molecule has 0 amide bonds. The Morgan fingerprint density at radius 3 is 1.02 bits per heavy atom. The van der Waals surface area contributed by atoms with Crippen LogP contribution in [0.5, 0.6) is 23.0 Å². The zero-order valence-corrected chi connectivity index (χ0v) is 26.3.